The number of aryl methyl sites for hydroxylation is 2. The first-order valence-corrected chi connectivity index (χ1v) is 16.0. The molecule has 0 unspecified atom stereocenters. The summed E-state index contributed by atoms with van der Waals surface area (Å²) in [5.74, 6) is -0.850. The third kappa shape index (κ3) is 9.70. The fraction of sp³-hybridized carbons (Fsp3) is 0.556. The monoisotopic (exact) mass is 582 g/mol. The summed E-state index contributed by atoms with van der Waals surface area (Å²) in [6.07, 6.45) is 2.23. The summed E-state index contributed by atoms with van der Waals surface area (Å²) in [6, 6.07) is 15.5. The van der Waals surface area contributed by atoms with Crippen molar-refractivity contribution in [3.8, 4) is 0 Å². The molecule has 0 spiro atoms. The highest BCUT2D eigenvalue weighted by atomic mass is 16.4. The number of benzene rings is 2. The number of aliphatic hydroxyl groups is 6. The second-order valence-electron chi connectivity index (χ2n) is 11.3. The van der Waals surface area contributed by atoms with Gasteiger partial charge in [0.25, 0.3) is 0 Å². The van der Waals surface area contributed by atoms with Crippen molar-refractivity contribution >= 4 is 11.1 Å². The molecule has 0 amide bonds. The summed E-state index contributed by atoms with van der Waals surface area (Å²) in [5.41, 5.74) is 4.75. The molecular formula is C36H54O6. The van der Waals surface area contributed by atoms with Crippen molar-refractivity contribution in [2.45, 2.75) is 129 Å². The van der Waals surface area contributed by atoms with Crippen LogP contribution < -0.4 is 0 Å². The second-order valence-corrected chi connectivity index (χ2v) is 11.3. The van der Waals surface area contributed by atoms with E-state index in [-0.39, 0.29) is 0 Å². The van der Waals surface area contributed by atoms with Gasteiger partial charge in [0.05, 0.1) is 0 Å². The zero-order valence-corrected chi connectivity index (χ0v) is 26.1. The van der Waals surface area contributed by atoms with Crippen molar-refractivity contribution in [1.29, 1.82) is 0 Å². The SMILES string of the molecule is CCCCC(=C(O)[C@@H](O)[C@@H](O)[C@H](O)[C@@H](O)C(O)=C(CCCC)c1ccccc1CCCC)c1ccccc1CCCC. The molecule has 4 atom stereocenters. The highest BCUT2D eigenvalue weighted by molar-refractivity contribution is 5.71. The molecule has 0 aromatic heterocycles. The van der Waals surface area contributed by atoms with Gasteiger partial charge < -0.3 is 30.6 Å². The molecule has 6 nitrogen and oxygen atoms in total. The van der Waals surface area contributed by atoms with Crippen LogP contribution in [0, 0.1) is 0 Å². The van der Waals surface area contributed by atoms with Gasteiger partial charge in [0.1, 0.15) is 35.9 Å². The van der Waals surface area contributed by atoms with Crippen molar-refractivity contribution in [1.82, 2.24) is 0 Å². The Hall–Kier alpha value is -2.64. The molecule has 0 aliphatic heterocycles. The summed E-state index contributed by atoms with van der Waals surface area (Å²) in [4.78, 5) is 0. The maximum Gasteiger partial charge on any atom is 0.139 e. The van der Waals surface area contributed by atoms with E-state index in [0.717, 1.165) is 86.5 Å². The zero-order valence-electron chi connectivity index (χ0n) is 26.1. The van der Waals surface area contributed by atoms with E-state index in [1.165, 1.54) is 0 Å². The predicted molar refractivity (Wildman–Crippen MR) is 172 cm³/mol. The smallest absolute Gasteiger partial charge is 0.139 e. The average molecular weight is 583 g/mol. The Morgan fingerprint density at radius 2 is 0.857 bits per heavy atom. The summed E-state index contributed by atoms with van der Waals surface area (Å²) >= 11 is 0. The fourth-order valence-corrected chi connectivity index (χ4v) is 5.36. The number of allylic oxidation sites excluding steroid dienone is 2. The van der Waals surface area contributed by atoms with Gasteiger partial charge >= 0.3 is 0 Å². The molecule has 6 heteroatoms. The van der Waals surface area contributed by atoms with Gasteiger partial charge in [-0.05, 0) is 84.8 Å². The van der Waals surface area contributed by atoms with Crippen molar-refractivity contribution in [2.24, 2.45) is 0 Å². The molecule has 2 aromatic carbocycles. The minimum atomic E-state index is -1.94. The van der Waals surface area contributed by atoms with Gasteiger partial charge in [-0.3, -0.25) is 0 Å². The Labute approximate surface area is 253 Å². The first-order chi connectivity index (χ1) is 20.2. The van der Waals surface area contributed by atoms with Crippen molar-refractivity contribution in [3.63, 3.8) is 0 Å². The molecule has 0 aliphatic carbocycles. The molecule has 0 radical (unpaired) electrons. The van der Waals surface area contributed by atoms with Crippen LogP contribution in [0.3, 0.4) is 0 Å². The largest absolute Gasteiger partial charge is 0.509 e. The number of rotatable bonds is 19. The van der Waals surface area contributed by atoms with E-state index in [1.807, 2.05) is 62.4 Å². The van der Waals surface area contributed by atoms with Gasteiger partial charge in [-0.25, -0.2) is 0 Å². The van der Waals surface area contributed by atoms with Crippen molar-refractivity contribution in [2.75, 3.05) is 0 Å². The average Bonchev–Trinajstić information content (AvgIpc) is 3.02. The second kappa shape index (κ2) is 18.8. The van der Waals surface area contributed by atoms with Crippen LogP contribution in [0.1, 0.15) is 114 Å². The van der Waals surface area contributed by atoms with Gasteiger partial charge in [0.2, 0.25) is 0 Å². The Bertz CT molecular complexity index is 1050. The van der Waals surface area contributed by atoms with E-state index in [1.54, 1.807) is 0 Å². The number of hydrogen-bond donors (Lipinski definition) is 6. The maximum absolute atomic E-state index is 11.3. The van der Waals surface area contributed by atoms with Crippen LogP contribution in [0.4, 0.5) is 0 Å². The minimum absolute atomic E-state index is 0.425. The van der Waals surface area contributed by atoms with E-state index in [0.29, 0.717) is 24.0 Å². The van der Waals surface area contributed by atoms with Crippen LogP contribution in [-0.4, -0.2) is 55.1 Å². The lowest BCUT2D eigenvalue weighted by Gasteiger charge is -2.28. The lowest BCUT2D eigenvalue weighted by Crippen LogP contribution is -2.46. The molecule has 234 valence electrons. The molecule has 0 aliphatic rings. The molecular weight excluding hydrogens is 528 g/mol. The van der Waals surface area contributed by atoms with Crippen LogP contribution in [0.15, 0.2) is 60.0 Å². The molecule has 0 heterocycles. The van der Waals surface area contributed by atoms with Crippen LogP contribution >= 0.6 is 0 Å². The normalized spacial score (nSPS) is 15.9. The summed E-state index contributed by atoms with van der Waals surface area (Å²) in [5, 5.41) is 66.8. The van der Waals surface area contributed by atoms with E-state index < -0.39 is 35.9 Å². The lowest BCUT2D eigenvalue weighted by atomic mass is 9.88. The van der Waals surface area contributed by atoms with Crippen LogP contribution in [0.25, 0.3) is 11.1 Å². The van der Waals surface area contributed by atoms with E-state index in [9.17, 15) is 30.6 Å². The number of hydrogen-bond acceptors (Lipinski definition) is 6. The first kappa shape index (κ1) is 35.6. The maximum atomic E-state index is 11.3. The number of aliphatic hydroxyl groups excluding tert-OH is 6. The topological polar surface area (TPSA) is 121 Å². The Morgan fingerprint density at radius 3 is 1.19 bits per heavy atom. The molecule has 0 bridgehead atoms. The van der Waals surface area contributed by atoms with E-state index >= 15 is 0 Å². The van der Waals surface area contributed by atoms with Gasteiger partial charge in [0, 0.05) is 0 Å². The molecule has 0 saturated heterocycles. The molecule has 0 fully saturated rings. The molecule has 2 rings (SSSR count). The van der Waals surface area contributed by atoms with E-state index in [4.69, 9.17) is 0 Å². The Morgan fingerprint density at radius 1 is 0.524 bits per heavy atom. The van der Waals surface area contributed by atoms with Gasteiger partial charge in [-0.15, -0.1) is 0 Å². The highest BCUT2D eigenvalue weighted by Crippen LogP contribution is 2.33. The lowest BCUT2D eigenvalue weighted by molar-refractivity contribution is -0.100. The van der Waals surface area contributed by atoms with Gasteiger partial charge in [0.15, 0.2) is 0 Å². The fourth-order valence-electron chi connectivity index (χ4n) is 5.36. The summed E-state index contributed by atoms with van der Waals surface area (Å²) in [6.45, 7) is 8.30. The van der Waals surface area contributed by atoms with Crippen LogP contribution in [0.2, 0.25) is 0 Å². The summed E-state index contributed by atoms with van der Waals surface area (Å²) < 4.78 is 0. The van der Waals surface area contributed by atoms with Crippen LogP contribution in [-0.2, 0) is 12.8 Å². The zero-order chi connectivity index (χ0) is 31.1. The Kier molecular flexibility index (Phi) is 15.9. The Balaban J connectivity index is 2.47. The van der Waals surface area contributed by atoms with Gasteiger partial charge in [-0.2, -0.15) is 0 Å². The van der Waals surface area contributed by atoms with E-state index in [2.05, 4.69) is 13.8 Å². The molecule has 0 saturated carbocycles. The van der Waals surface area contributed by atoms with Crippen molar-refractivity contribution in [3.05, 3.63) is 82.3 Å². The highest BCUT2D eigenvalue weighted by Gasteiger charge is 2.36. The van der Waals surface area contributed by atoms with Crippen molar-refractivity contribution < 1.29 is 30.6 Å². The number of unbranched alkanes of at least 4 members (excludes halogenated alkanes) is 4. The summed E-state index contributed by atoms with van der Waals surface area (Å²) in [7, 11) is 0. The predicted octanol–water partition coefficient (Wildman–Crippen LogP) is 7.43. The minimum Gasteiger partial charge on any atom is -0.509 e. The molecule has 42 heavy (non-hydrogen) atoms. The third-order valence-electron chi connectivity index (χ3n) is 8.02. The van der Waals surface area contributed by atoms with Crippen LogP contribution in [0.5, 0.6) is 0 Å². The van der Waals surface area contributed by atoms with Gasteiger partial charge in [-0.1, -0.05) is 102 Å². The molecule has 2 aromatic rings. The molecule has 6 N–H and O–H groups in total. The first-order valence-electron chi connectivity index (χ1n) is 16.0. The quantitative estimate of drug-likeness (QED) is 0.0958. The standard InChI is InChI=1S/C36H54O6/c1-5-9-17-25-19-13-15-23-27(25)29(21-11-7-3)31(37)33(39)35(41)36(42)34(40)32(38)30(22-12-8-4)28-24-16-14-20-26(28)18-10-6-2/h13-16,19-20,23-24,33-42H,5-12,17-18,21-22H2,1-4H3/t33-,34+,35-,36-/m1/s1. The third-order valence-corrected chi connectivity index (χ3v) is 8.02.